The number of hydrogen-bond donors (Lipinski definition) is 1. The summed E-state index contributed by atoms with van der Waals surface area (Å²) in [6.45, 7) is 5.78. The molecule has 76 valence electrons. The maximum Gasteiger partial charge on any atom is 0.0964 e. The smallest absolute Gasteiger partial charge is 0.0964 e. The minimum Gasteiger partial charge on any atom is -0.380 e. The molecule has 0 fully saturated rings. The van der Waals surface area contributed by atoms with Crippen LogP contribution in [0.4, 0.5) is 0 Å². The molecule has 1 rings (SSSR count). The lowest BCUT2D eigenvalue weighted by molar-refractivity contribution is 0.136. The van der Waals surface area contributed by atoms with Crippen molar-refractivity contribution >= 4 is 5.84 Å². The number of ether oxygens (including phenoxy) is 1. The summed E-state index contributed by atoms with van der Waals surface area (Å²) in [5.74, 6) is 1.17. The van der Waals surface area contributed by atoms with Crippen molar-refractivity contribution in [2.75, 3.05) is 26.3 Å². The van der Waals surface area contributed by atoms with Gasteiger partial charge in [-0.1, -0.05) is 13.3 Å². The van der Waals surface area contributed by atoms with Gasteiger partial charge in [-0.3, -0.25) is 4.99 Å². The predicted molar refractivity (Wildman–Crippen MR) is 55.3 cm³/mol. The molecule has 0 aromatic carbocycles. The normalized spacial score (nSPS) is 15.9. The van der Waals surface area contributed by atoms with E-state index in [9.17, 15) is 0 Å². The highest BCUT2D eigenvalue weighted by Gasteiger charge is 2.03. The van der Waals surface area contributed by atoms with E-state index in [1.807, 2.05) is 0 Å². The van der Waals surface area contributed by atoms with Gasteiger partial charge in [0.05, 0.1) is 12.4 Å². The summed E-state index contributed by atoms with van der Waals surface area (Å²) in [6.07, 6.45) is 4.70. The van der Waals surface area contributed by atoms with Gasteiger partial charge in [0, 0.05) is 26.1 Å². The third-order valence-electron chi connectivity index (χ3n) is 2.09. The maximum absolute atomic E-state index is 5.42. The minimum atomic E-state index is 0.805. The molecule has 0 amide bonds. The molecule has 3 nitrogen and oxygen atoms in total. The van der Waals surface area contributed by atoms with Crippen LogP contribution in [0, 0.1) is 0 Å². The summed E-state index contributed by atoms with van der Waals surface area (Å²) in [5, 5.41) is 3.28. The zero-order valence-electron chi connectivity index (χ0n) is 8.51. The van der Waals surface area contributed by atoms with E-state index in [0.29, 0.717) is 0 Å². The van der Waals surface area contributed by atoms with Crippen molar-refractivity contribution in [1.29, 1.82) is 0 Å². The van der Waals surface area contributed by atoms with Crippen LogP contribution in [0.2, 0.25) is 0 Å². The number of aliphatic imine (C=N–C) groups is 1. The Morgan fingerprint density at radius 3 is 3.08 bits per heavy atom. The first-order chi connectivity index (χ1) is 6.43. The van der Waals surface area contributed by atoms with Gasteiger partial charge in [0.2, 0.25) is 0 Å². The van der Waals surface area contributed by atoms with Crippen molar-refractivity contribution in [3.05, 3.63) is 0 Å². The fraction of sp³-hybridized carbons (Fsp3) is 0.900. The zero-order chi connectivity index (χ0) is 9.36. The van der Waals surface area contributed by atoms with E-state index in [-0.39, 0.29) is 0 Å². The van der Waals surface area contributed by atoms with Gasteiger partial charge in [-0.15, -0.1) is 0 Å². The molecule has 0 saturated carbocycles. The highest BCUT2D eigenvalue weighted by Crippen LogP contribution is 2.00. The number of rotatable bonds is 6. The average molecular weight is 184 g/mol. The third kappa shape index (κ3) is 4.88. The molecule has 13 heavy (non-hydrogen) atoms. The van der Waals surface area contributed by atoms with Crippen LogP contribution in [0.1, 0.15) is 32.6 Å². The van der Waals surface area contributed by atoms with Crippen LogP contribution in [0.15, 0.2) is 4.99 Å². The van der Waals surface area contributed by atoms with Crippen molar-refractivity contribution in [2.24, 2.45) is 4.99 Å². The Morgan fingerprint density at radius 1 is 1.46 bits per heavy atom. The Kier molecular flexibility index (Phi) is 5.57. The van der Waals surface area contributed by atoms with E-state index in [4.69, 9.17) is 4.74 Å². The molecule has 1 heterocycles. The monoisotopic (exact) mass is 184 g/mol. The van der Waals surface area contributed by atoms with Gasteiger partial charge in [0.15, 0.2) is 0 Å². The molecular formula is C10H20N2O. The van der Waals surface area contributed by atoms with Crippen molar-refractivity contribution in [3.8, 4) is 0 Å². The Labute approximate surface area is 80.6 Å². The van der Waals surface area contributed by atoms with Crippen molar-refractivity contribution in [3.63, 3.8) is 0 Å². The van der Waals surface area contributed by atoms with E-state index in [2.05, 4.69) is 17.2 Å². The molecule has 0 aromatic heterocycles. The average Bonchev–Trinajstić information content (AvgIpc) is 2.63. The second kappa shape index (κ2) is 6.89. The zero-order valence-corrected chi connectivity index (χ0v) is 8.51. The topological polar surface area (TPSA) is 33.6 Å². The molecule has 3 heteroatoms. The van der Waals surface area contributed by atoms with E-state index >= 15 is 0 Å². The molecule has 0 unspecified atom stereocenters. The molecule has 1 aliphatic rings. The quantitative estimate of drug-likeness (QED) is 0.636. The lowest BCUT2D eigenvalue weighted by Gasteiger charge is -2.05. The van der Waals surface area contributed by atoms with E-state index in [1.54, 1.807) is 0 Å². The maximum atomic E-state index is 5.42. The van der Waals surface area contributed by atoms with Gasteiger partial charge in [-0.25, -0.2) is 0 Å². The summed E-state index contributed by atoms with van der Waals surface area (Å²) in [4.78, 5) is 4.32. The molecule has 0 spiro atoms. The lowest BCUT2D eigenvalue weighted by atomic mass is 10.3. The van der Waals surface area contributed by atoms with Gasteiger partial charge in [0.1, 0.15) is 0 Å². The lowest BCUT2D eigenvalue weighted by Crippen LogP contribution is -2.25. The fourth-order valence-corrected chi connectivity index (χ4v) is 1.30. The summed E-state index contributed by atoms with van der Waals surface area (Å²) in [5.41, 5.74) is 0. The largest absolute Gasteiger partial charge is 0.380 e. The number of unbranched alkanes of at least 4 members (excludes halogenated alkanes) is 1. The molecule has 0 atom stereocenters. The highest BCUT2D eigenvalue weighted by molar-refractivity contribution is 5.83. The predicted octanol–water partition coefficient (Wildman–Crippen LogP) is 1.58. The van der Waals surface area contributed by atoms with Gasteiger partial charge >= 0.3 is 0 Å². The fourth-order valence-electron chi connectivity index (χ4n) is 1.30. The van der Waals surface area contributed by atoms with Gasteiger partial charge in [0.25, 0.3) is 0 Å². The third-order valence-corrected chi connectivity index (χ3v) is 2.09. The first kappa shape index (κ1) is 10.5. The first-order valence-electron chi connectivity index (χ1n) is 5.28. The van der Waals surface area contributed by atoms with Gasteiger partial charge in [-0.2, -0.15) is 0 Å². The van der Waals surface area contributed by atoms with Gasteiger partial charge < -0.3 is 10.1 Å². The molecule has 0 radical (unpaired) electrons. The number of nitrogens with one attached hydrogen (secondary N) is 1. The van der Waals surface area contributed by atoms with E-state index in [1.165, 1.54) is 25.1 Å². The van der Waals surface area contributed by atoms with Crippen LogP contribution < -0.4 is 5.32 Å². The van der Waals surface area contributed by atoms with Crippen LogP contribution >= 0.6 is 0 Å². The van der Waals surface area contributed by atoms with Crippen LogP contribution in [-0.2, 0) is 4.74 Å². The van der Waals surface area contributed by atoms with Crippen molar-refractivity contribution < 1.29 is 4.74 Å². The van der Waals surface area contributed by atoms with Crippen LogP contribution in [0.5, 0.6) is 0 Å². The van der Waals surface area contributed by atoms with Gasteiger partial charge in [-0.05, 0) is 12.8 Å². The molecule has 1 aliphatic heterocycles. The number of nitrogens with zero attached hydrogens (tertiary/aromatic N) is 1. The molecule has 0 aliphatic carbocycles. The highest BCUT2D eigenvalue weighted by atomic mass is 16.5. The molecule has 0 aromatic rings. The first-order valence-corrected chi connectivity index (χ1v) is 5.28. The summed E-state index contributed by atoms with van der Waals surface area (Å²) in [7, 11) is 0. The Morgan fingerprint density at radius 2 is 2.38 bits per heavy atom. The Balaban J connectivity index is 1.83. The van der Waals surface area contributed by atoms with E-state index < -0.39 is 0 Å². The summed E-state index contributed by atoms with van der Waals surface area (Å²) >= 11 is 0. The Hall–Kier alpha value is -0.570. The van der Waals surface area contributed by atoms with Crippen molar-refractivity contribution in [2.45, 2.75) is 32.6 Å². The Bertz CT molecular complexity index is 157. The molecule has 0 saturated heterocycles. The van der Waals surface area contributed by atoms with Crippen LogP contribution in [-0.4, -0.2) is 32.1 Å². The molecular weight excluding hydrogens is 164 g/mol. The van der Waals surface area contributed by atoms with Crippen molar-refractivity contribution in [1.82, 2.24) is 5.32 Å². The standard InChI is InChI=1S/C10H20N2O/c1-2-3-8-13-9-7-12-10-5-4-6-11-10/h2-9H2,1H3,(H,11,12). The molecule has 0 bridgehead atoms. The number of hydrogen-bond acceptors (Lipinski definition) is 3. The van der Waals surface area contributed by atoms with Crippen LogP contribution in [0.25, 0.3) is 0 Å². The second-order valence-corrected chi connectivity index (χ2v) is 3.32. The summed E-state index contributed by atoms with van der Waals surface area (Å²) < 4.78 is 5.42. The number of amidine groups is 1. The molecule has 1 N–H and O–H groups in total. The minimum absolute atomic E-state index is 0.805. The second-order valence-electron chi connectivity index (χ2n) is 3.32. The van der Waals surface area contributed by atoms with E-state index in [0.717, 1.165) is 32.7 Å². The van der Waals surface area contributed by atoms with Crippen LogP contribution in [0.3, 0.4) is 0 Å². The SMILES string of the molecule is CCCCOCCNC1=NCCC1. The summed E-state index contributed by atoms with van der Waals surface area (Å²) in [6, 6.07) is 0.